The van der Waals surface area contributed by atoms with Gasteiger partial charge in [0, 0.05) is 0 Å². The van der Waals surface area contributed by atoms with Crippen LogP contribution >= 0.6 is 11.6 Å². The molecule has 2 aromatic rings. The lowest BCUT2D eigenvalue weighted by molar-refractivity contribution is -0.137. The maximum absolute atomic E-state index is 13.9. The number of benzene rings is 1. The highest BCUT2D eigenvalue weighted by molar-refractivity contribution is 6.31. The van der Waals surface area contributed by atoms with E-state index in [1.165, 1.54) is 16.8 Å². The van der Waals surface area contributed by atoms with Crippen LogP contribution in [0.4, 0.5) is 4.39 Å². The van der Waals surface area contributed by atoms with Gasteiger partial charge < -0.3 is 5.11 Å². The Hall–Kier alpha value is -2.02. The van der Waals surface area contributed by atoms with Crippen molar-refractivity contribution in [3.63, 3.8) is 0 Å². The highest BCUT2D eigenvalue weighted by Crippen LogP contribution is 2.27. The second-order valence-corrected chi connectivity index (χ2v) is 4.40. The fourth-order valence-corrected chi connectivity index (χ4v) is 1.86. The van der Waals surface area contributed by atoms with Crippen LogP contribution in [0, 0.1) is 5.82 Å². The third-order valence-corrected chi connectivity index (χ3v) is 2.86. The lowest BCUT2D eigenvalue weighted by Gasteiger charge is -2.11. The summed E-state index contributed by atoms with van der Waals surface area (Å²) in [5.74, 6) is -1.47. The van der Waals surface area contributed by atoms with Crippen molar-refractivity contribution in [1.82, 2.24) is 20.2 Å². The van der Waals surface area contributed by atoms with Gasteiger partial charge in [0.2, 0.25) is 0 Å². The summed E-state index contributed by atoms with van der Waals surface area (Å²) in [6, 6.07) is 3.97. The van der Waals surface area contributed by atoms with Gasteiger partial charge in [-0.2, -0.15) is 0 Å². The third-order valence-electron chi connectivity index (χ3n) is 2.57. The number of carboxylic acids is 1. The highest BCUT2D eigenvalue weighted by Gasteiger charge is 2.20. The molecule has 1 unspecified atom stereocenters. The zero-order chi connectivity index (χ0) is 14.0. The molecule has 1 N–H and O–H groups in total. The molecule has 0 aliphatic heterocycles. The van der Waals surface area contributed by atoms with E-state index in [1.807, 2.05) is 0 Å². The topological polar surface area (TPSA) is 80.9 Å². The van der Waals surface area contributed by atoms with Gasteiger partial charge in [0.05, 0.1) is 23.0 Å². The highest BCUT2D eigenvalue weighted by atomic mass is 35.5. The van der Waals surface area contributed by atoms with E-state index in [2.05, 4.69) is 15.5 Å². The molecule has 0 saturated heterocycles. The second-order valence-electron chi connectivity index (χ2n) is 4.00. The van der Waals surface area contributed by atoms with Crippen molar-refractivity contribution in [2.24, 2.45) is 0 Å². The number of carbonyl (C=O) groups is 1. The first-order valence-electron chi connectivity index (χ1n) is 5.44. The Labute approximate surface area is 112 Å². The van der Waals surface area contributed by atoms with Crippen LogP contribution in [-0.4, -0.2) is 31.3 Å². The smallest absolute Gasteiger partial charge is 0.305 e. The first kappa shape index (κ1) is 13.4. The molecule has 0 fully saturated rings. The summed E-state index contributed by atoms with van der Waals surface area (Å²) >= 11 is 5.70. The molecule has 0 radical (unpaired) electrons. The van der Waals surface area contributed by atoms with Gasteiger partial charge in [-0.15, -0.1) is 5.10 Å². The van der Waals surface area contributed by atoms with E-state index in [0.717, 1.165) is 0 Å². The van der Waals surface area contributed by atoms with Crippen LogP contribution in [0.15, 0.2) is 18.2 Å². The van der Waals surface area contributed by atoms with Gasteiger partial charge in [-0.25, -0.2) is 9.07 Å². The number of hydrogen-bond acceptors (Lipinski definition) is 4. The van der Waals surface area contributed by atoms with Gasteiger partial charge >= 0.3 is 5.97 Å². The van der Waals surface area contributed by atoms with E-state index < -0.39 is 17.8 Å². The van der Waals surface area contributed by atoms with Gasteiger partial charge in [-0.05, 0) is 29.5 Å². The number of carboxylic acid groups (broad SMARTS) is 1. The molecule has 1 aromatic heterocycles. The van der Waals surface area contributed by atoms with Crippen molar-refractivity contribution in [2.75, 3.05) is 0 Å². The number of aliphatic carboxylic acids is 1. The summed E-state index contributed by atoms with van der Waals surface area (Å²) in [6.07, 6.45) is -0.166. The maximum atomic E-state index is 13.9. The molecule has 1 heterocycles. The minimum atomic E-state index is -0.986. The average Bonchev–Trinajstić information content (AvgIpc) is 2.80. The lowest BCUT2D eigenvalue weighted by Crippen LogP contribution is -2.13. The molecule has 0 aliphatic rings. The number of rotatable bonds is 4. The number of hydrogen-bond donors (Lipinski definition) is 1. The van der Waals surface area contributed by atoms with E-state index in [4.69, 9.17) is 16.7 Å². The minimum absolute atomic E-state index is 0.0436. The number of nitrogens with zero attached hydrogens (tertiary/aromatic N) is 4. The van der Waals surface area contributed by atoms with E-state index >= 15 is 0 Å². The molecule has 8 heteroatoms. The van der Waals surface area contributed by atoms with Crippen molar-refractivity contribution >= 4 is 17.6 Å². The summed E-state index contributed by atoms with van der Waals surface area (Å²) in [7, 11) is 0. The summed E-state index contributed by atoms with van der Waals surface area (Å²) in [5.41, 5.74) is 0.134. The molecular formula is C11H10ClFN4O2. The molecule has 0 spiro atoms. The van der Waals surface area contributed by atoms with E-state index in [1.54, 1.807) is 13.0 Å². The van der Waals surface area contributed by atoms with Crippen LogP contribution in [0.5, 0.6) is 0 Å². The van der Waals surface area contributed by atoms with Crippen LogP contribution in [0.25, 0.3) is 11.4 Å². The molecule has 2 rings (SSSR count). The van der Waals surface area contributed by atoms with Gasteiger partial charge in [0.25, 0.3) is 0 Å². The first-order valence-corrected chi connectivity index (χ1v) is 5.82. The van der Waals surface area contributed by atoms with E-state index in [0.29, 0.717) is 0 Å². The molecule has 1 atom stereocenters. The van der Waals surface area contributed by atoms with Crippen molar-refractivity contribution in [3.8, 4) is 11.4 Å². The number of halogens is 2. The number of tetrazole rings is 1. The monoisotopic (exact) mass is 284 g/mol. The fraction of sp³-hybridized carbons (Fsp3) is 0.273. The SMILES string of the molecule is CC(CC(=O)O)n1nnnc1-c1cccc(Cl)c1F. The summed E-state index contributed by atoms with van der Waals surface area (Å²) in [6.45, 7) is 1.64. The minimum Gasteiger partial charge on any atom is -0.481 e. The predicted molar refractivity (Wildman–Crippen MR) is 65.2 cm³/mol. The van der Waals surface area contributed by atoms with Gasteiger partial charge in [-0.1, -0.05) is 17.7 Å². The largest absolute Gasteiger partial charge is 0.481 e. The maximum Gasteiger partial charge on any atom is 0.305 e. The van der Waals surface area contributed by atoms with Gasteiger partial charge in [0.1, 0.15) is 0 Å². The van der Waals surface area contributed by atoms with Crippen LogP contribution < -0.4 is 0 Å². The predicted octanol–water partition coefficient (Wildman–Crippen LogP) is 2.17. The molecule has 1 aromatic carbocycles. The second kappa shape index (κ2) is 5.31. The standard InChI is InChI=1S/C11H10ClFN4O2/c1-6(5-9(18)19)17-11(14-15-16-17)7-3-2-4-8(12)10(7)13/h2-4,6H,5H2,1H3,(H,18,19). The normalized spacial score (nSPS) is 12.4. The van der Waals surface area contributed by atoms with Crippen LogP contribution in [0.1, 0.15) is 19.4 Å². The van der Waals surface area contributed by atoms with Crippen LogP contribution in [-0.2, 0) is 4.79 Å². The molecule has 0 amide bonds. The Morgan fingerprint density at radius 3 is 3.00 bits per heavy atom. The van der Waals surface area contributed by atoms with E-state index in [9.17, 15) is 9.18 Å². The number of aromatic nitrogens is 4. The fourth-order valence-electron chi connectivity index (χ4n) is 1.68. The summed E-state index contributed by atoms with van der Waals surface area (Å²) < 4.78 is 15.2. The van der Waals surface area contributed by atoms with Gasteiger partial charge in [0.15, 0.2) is 11.6 Å². The third kappa shape index (κ3) is 2.70. The Balaban J connectivity index is 2.44. The Bertz CT molecular complexity index is 616. The van der Waals surface area contributed by atoms with Crippen molar-refractivity contribution in [3.05, 3.63) is 29.0 Å². The molecule has 0 aliphatic carbocycles. The van der Waals surface area contributed by atoms with Gasteiger partial charge in [-0.3, -0.25) is 4.79 Å². The molecular weight excluding hydrogens is 275 g/mol. The molecule has 100 valence electrons. The van der Waals surface area contributed by atoms with Crippen molar-refractivity contribution in [1.29, 1.82) is 0 Å². The molecule has 19 heavy (non-hydrogen) atoms. The van der Waals surface area contributed by atoms with E-state index in [-0.39, 0.29) is 22.8 Å². The average molecular weight is 285 g/mol. The Kier molecular flexibility index (Phi) is 3.75. The molecule has 0 saturated carbocycles. The van der Waals surface area contributed by atoms with Crippen molar-refractivity contribution < 1.29 is 14.3 Å². The summed E-state index contributed by atoms with van der Waals surface area (Å²) in [5, 5.41) is 19.6. The lowest BCUT2D eigenvalue weighted by atomic mass is 10.1. The quantitative estimate of drug-likeness (QED) is 0.930. The zero-order valence-corrected chi connectivity index (χ0v) is 10.7. The van der Waals surface area contributed by atoms with Crippen LogP contribution in [0.3, 0.4) is 0 Å². The molecule has 6 nitrogen and oxygen atoms in total. The summed E-state index contributed by atoms with van der Waals surface area (Å²) in [4.78, 5) is 10.7. The van der Waals surface area contributed by atoms with Crippen molar-refractivity contribution in [2.45, 2.75) is 19.4 Å². The molecule has 0 bridgehead atoms. The zero-order valence-electron chi connectivity index (χ0n) is 9.92. The van der Waals surface area contributed by atoms with Crippen LogP contribution in [0.2, 0.25) is 5.02 Å². The Morgan fingerprint density at radius 2 is 2.32 bits per heavy atom. The Morgan fingerprint density at radius 1 is 1.58 bits per heavy atom. The first-order chi connectivity index (χ1) is 9.00.